The van der Waals surface area contributed by atoms with Crippen LogP contribution in [0.3, 0.4) is 0 Å². The van der Waals surface area contributed by atoms with Crippen molar-refractivity contribution in [3.05, 3.63) is 69.7 Å². The van der Waals surface area contributed by atoms with Gasteiger partial charge in [0.25, 0.3) is 11.8 Å². The molecule has 1 saturated heterocycles. The number of rotatable bonds is 12. The number of aromatic nitrogens is 2. The highest BCUT2D eigenvalue weighted by atomic mass is 32.1. The zero-order valence-electron chi connectivity index (χ0n) is 31.5. The number of amides is 6. The molecule has 290 valence electrons. The smallest absolute Gasteiger partial charge is 0.325 e. The number of ether oxygens (including phenoxy) is 3. The van der Waals surface area contributed by atoms with Crippen LogP contribution in [-0.2, 0) is 4.74 Å². The summed E-state index contributed by atoms with van der Waals surface area (Å²) in [5.74, 6) is 1.54. The first-order valence-corrected chi connectivity index (χ1v) is 19.2. The maximum atomic E-state index is 12.5. The number of nitrogens with one attached hydrogen (secondary N) is 5. The van der Waals surface area contributed by atoms with Crippen molar-refractivity contribution in [1.82, 2.24) is 20.2 Å². The van der Waals surface area contributed by atoms with Crippen molar-refractivity contribution in [3.63, 3.8) is 0 Å². The molecule has 0 spiro atoms. The summed E-state index contributed by atoms with van der Waals surface area (Å²) in [5, 5.41) is 17.3. The van der Waals surface area contributed by atoms with Gasteiger partial charge in [-0.25, -0.2) is 19.6 Å². The number of urea groups is 2. The van der Waals surface area contributed by atoms with Gasteiger partial charge in [0.1, 0.15) is 22.9 Å². The van der Waals surface area contributed by atoms with Gasteiger partial charge < -0.3 is 35.1 Å². The first-order valence-electron chi connectivity index (χ1n) is 17.4. The average molecular weight is 781 g/mol. The molecule has 0 aliphatic carbocycles. The fourth-order valence-electron chi connectivity index (χ4n) is 4.64. The maximum absolute atomic E-state index is 12.5. The molecule has 5 rings (SSSR count). The summed E-state index contributed by atoms with van der Waals surface area (Å²) >= 11 is 2.39. The number of aryl methyl sites for hydroxylation is 2. The van der Waals surface area contributed by atoms with E-state index in [0.717, 1.165) is 11.1 Å². The molecule has 15 nitrogen and oxygen atoms in total. The second-order valence-corrected chi connectivity index (χ2v) is 14.8. The predicted molar refractivity (Wildman–Crippen MR) is 213 cm³/mol. The van der Waals surface area contributed by atoms with Crippen LogP contribution in [0.1, 0.15) is 59.8 Å². The van der Waals surface area contributed by atoms with Gasteiger partial charge >= 0.3 is 12.1 Å². The Morgan fingerprint density at radius 2 is 1.20 bits per heavy atom. The summed E-state index contributed by atoms with van der Waals surface area (Å²) in [5.41, 5.74) is 3.82. The second-order valence-electron chi connectivity index (χ2n) is 13.1. The molecule has 0 atom stereocenters. The number of morpholine rings is 1. The lowest BCUT2D eigenvalue weighted by Gasteiger charge is -2.25. The van der Waals surface area contributed by atoms with Crippen molar-refractivity contribution < 1.29 is 33.4 Å². The monoisotopic (exact) mass is 780 g/mol. The lowest BCUT2D eigenvalue weighted by Crippen LogP contribution is -2.40. The summed E-state index contributed by atoms with van der Waals surface area (Å²) in [4.78, 5) is 58.6. The summed E-state index contributed by atoms with van der Waals surface area (Å²) in [6.45, 7) is 15.4. The SMILES string of the molecule is CNC(=O)c1csc(NC(=O)Nc2ccc(C)cc2OCC(C)C)n1.Cc1ccc(NC(=O)Nc2nc(C(=O)N3CCOCC3)cs2)c(OCC(C)C)c1. The number of hydrogen-bond acceptors (Lipinski definition) is 11. The Hall–Kier alpha value is -5.26. The molecule has 0 bridgehead atoms. The summed E-state index contributed by atoms with van der Waals surface area (Å²) in [6.07, 6.45) is 0. The zero-order valence-corrected chi connectivity index (χ0v) is 33.2. The molecule has 3 heterocycles. The van der Waals surface area contributed by atoms with Crippen molar-refractivity contribution in [2.45, 2.75) is 41.5 Å². The van der Waals surface area contributed by atoms with Crippen LogP contribution in [0.15, 0.2) is 47.2 Å². The number of hydrogen-bond donors (Lipinski definition) is 5. The van der Waals surface area contributed by atoms with Gasteiger partial charge in [-0.15, -0.1) is 22.7 Å². The number of thiazole rings is 2. The maximum Gasteiger partial charge on any atom is 0.325 e. The molecule has 2 aromatic heterocycles. The van der Waals surface area contributed by atoms with E-state index < -0.39 is 12.1 Å². The first kappa shape index (κ1) is 41.5. The normalized spacial score (nSPS) is 12.4. The summed E-state index contributed by atoms with van der Waals surface area (Å²) in [6, 6.07) is 10.3. The van der Waals surface area contributed by atoms with Crippen molar-refractivity contribution in [2.24, 2.45) is 11.8 Å². The standard InChI is InChI=1S/C20H26N4O4S.C17H22N4O3S/c1-13(2)11-28-17-10-14(3)4-5-15(17)21-19(26)23-20-22-16(12-29-20)18(25)24-6-8-27-9-7-24;1-10(2)8-24-14-7-11(3)5-6-12(14)19-16(23)21-17-20-13(9-25-17)15(22)18-4/h4-5,10,12-13H,6-9,11H2,1-3H3,(H2,21,22,23,26);5-7,9-10H,8H2,1-4H3,(H,18,22)(H2,19,20,21,23). The van der Waals surface area contributed by atoms with E-state index in [-0.39, 0.29) is 17.5 Å². The van der Waals surface area contributed by atoms with Gasteiger partial charge in [0.2, 0.25) is 0 Å². The Bertz CT molecular complexity index is 1890. The molecule has 0 saturated carbocycles. The molecule has 2 aromatic carbocycles. The molecule has 54 heavy (non-hydrogen) atoms. The van der Waals surface area contributed by atoms with Crippen LogP contribution in [0.5, 0.6) is 11.5 Å². The van der Waals surface area contributed by atoms with Crippen LogP contribution >= 0.6 is 22.7 Å². The zero-order chi connectivity index (χ0) is 39.2. The third-order valence-electron chi connectivity index (χ3n) is 7.34. The third-order valence-corrected chi connectivity index (χ3v) is 8.86. The summed E-state index contributed by atoms with van der Waals surface area (Å²) in [7, 11) is 1.53. The van der Waals surface area contributed by atoms with Crippen molar-refractivity contribution in [3.8, 4) is 11.5 Å². The Labute approximate surface area is 323 Å². The van der Waals surface area contributed by atoms with E-state index >= 15 is 0 Å². The number of nitrogens with zero attached hydrogens (tertiary/aromatic N) is 3. The van der Waals surface area contributed by atoms with Gasteiger partial charge in [-0.2, -0.15) is 0 Å². The third kappa shape index (κ3) is 13.0. The topological polar surface area (TPSA) is 185 Å². The minimum atomic E-state index is -0.448. The van der Waals surface area contributed by atoms with E-state index in [9.17, 15) is 19.2 Å². The lowest BCUT2D eigenvalue weighted by molar-refractivity contribution is 0.0299. The molecule has 1 fully saturated rings. The van der Waals surface area contributed by atoms with E-state index in [1.165, 1.54) is 29.7 Å². The molecular formula is C37H48N8O7S2. The van der Waals surface area contributed by atoms with Crippen LogP contribution in [0, 0.1) is 25.7 Å². The van der Waals surface area contributed by atoms with Gasteiger partial charge in [-0.05, 0) is 61.1 Å². The van der Waals surface area contributed by atoms with Gasteiger partial charge in [0.15, 0.2) is 10.3 Å². The Kier molecular flexibility index (Phi) is 15.6. The Balaban J connectivity index is 0.000000244. The number of benzene rings is 2. The average Bonchev–Trinajstić information content (AvgIpc) is 3.81. The number of anilines is 4. The molecule has 0 unspecified atom stereocenters. The molecule has 0 radical (unpaired) electrons. The van der Waals surface area contributed by atoms with E-state index in [1.807, 2.05) is 38.1 Å². The second kappa shape index (κ2) is 20.3. The molecule has 5 N–H and O–H groups in total. The minimum Gasteiger partial charge on any atom is -0.491 e. The fraction of sp³-hybridized carbons (Fsp3) is 0.405. The fourth-order valence-corrected chi connectivity index (χ4v) is 6.01. The molecule has 1 aliphatic rings. The highest BCUT2D eigenvalue weighted by Gasteiger charge is 2.22. The van der Waals surface area contributed by atoms with E-state index in [0.29, 0.717) is 90.2 Å². The molecule has 6 amide bonds. The van der Waals surface area contributed by atoms with Crippen molar-refractivity contribution >= 4 is 68.2 Å². The van der Waals surface area contributed by atoms with E-state index in [2.05, 4.69) is 64.2 Å². The molecule has 17 heteroatoms. The quantitative estimate of drug-likeness (QED) is 0.100. The number of carbonyl (C=O) groups is 4. The van der Waals surface area contributed by atoms with Gasteiger partial charge in [0.05, 0.1) is 37.8 Å². The Morgan fingerprint density at radius 3 is 1.67 bits per heavy atom. The highest BCUT2D eigenvalue weighted by molar-refractivity contribution is 7.14. The molecular weight excluding hydrogens is 733 g/mol. The minimum absolute atomic E-state index is 0.152. The van der Waals surface area contributed by atoms with Crippen LogP contribution in [0.2, 0.25) is 0 Å². The Morgan fingerprint density at radius 1 is 0.741 bits per heavy atom. The van der Waals surface area contributed by atoms with Crippen LogP contribution in [0.4, 0.5) is 31.2 Å². The van der Waals surface area contributed by atoms with Crippen LogP contribution < -0.4 is 36.1 Å². The molecule has 4 aromatic rings. The highest BCUT2D eigenvalue weighted by Crippen LogP contribution is 2.28. The van der Waals surface area contributed by atoms with Crippen molar-refractivity contribution in [1.29, 1.82) is 0 Å². The molecule has 1 aliphatic heterocycles. The van der Waals surface area contributed by atoms with Crippen molar-refractivity contribution in [2.75, 3.05) is 67.8 Å². The van der Waals surface area contributed by atoms with E-state index in [1.54, 1.807) is 27.8 Å². The predicted octanol–water partition coefficient (Wildman–Crippen LogP) is 7.09. The van der Waals surface area contributed by atoms with Gasteiger partial charge in [-0.3, -0.25) is 20.2 Å². The lowest BCUT2D eigenvalue weighted by atomic mass is 10.2. The van der Waals surface area contributed by atoms with E-state index in [4.69, 9.17) is 14.2 Å². The summed E-state index contributed by atoms with van der Waals surface area (Å²) < 4.78 is 16.8. The van der Waals surface area contributed by atoms with Crippen LogP contribution in [-0.4, -0.2) is 85.3 Å². The van der Waals surface area contributed by atoms with Crippen LogP contribution in [0.25, 0.3) is 0 Å². The van der Waals surface area contributed by atoms with Gasteiger partial charge in [0, 0.05) is 30.9 Å². The first-order chi connectivity index (χ1) is 25.8. The largest absolute Gasteiger partial charge is 0.491 e. The number of carbonyl (C=O) groups excluding carboxylic acids is 4. The van der Waals surface area contributed by atoms with Gasteiger partial charge in [-0.1, -0.05) is 39.8 Å².